The standard InChI is InChI=1S/C14H12Cl2N2O2/c1-20-11-5-6-13(12(16)8-11)18-14(19)17-10-4-2-3-9(15)7-10/h2-8H,1H3,(H2,17,18,19). The molecule has 2 amide bonds. The van der Waals surface area contributed by atoms with E-state index in [9.17, 15) is 4.79 Å². The first-order valence-electron chi connectivity index (χ1n) is 5.75. The highest BCUT2D eigenvalue weighted by atomic mass is 35.5. The molecule has 0 bridgehead atoms. The van der Waals surface area contributed by atoms with Crippen molar-refractivity contribution in [3.8, 4) is 5.75 Å². The molecule has 0 unspecified atom stereocenters. The summed E-state index contributed by atoms with van der Waals surface area (Å²) in [5.74, 6) is 0.621. The molecule has 2 rings (SSSR count). The Morgan fingerprint density at radius 3 is 2.55 bits per heavy atom. The molecule has 6 heteroatoms. The topological polar surface area (TPSA) is 50.4 Å². The van der Waals surface area contributed by atoms with E-state index in [0.29, 0.717) is 27.2 Å². The number of amides is 2. The lowest BCUT2D eigenvalue weighted by Crippen LogP contribution is -2.19. The Morgan fingerprint density at radius 1 is 1.10 bits per heavy atom. The lowest BCUT2D eigenvalue weighted by atomic mass is 10.3. The highest BCUT2D eigenvalue weighted by Gasteiger charge is 2.07. The fourth-order valence-electron chi connectivity index (χ4n) is 1.58. The van der Waals surface area contributed by atoms with Gasteiger partial charge in [-0.15, -0.1) is 0 Å². The number of rotatable bonds is 3. The molecular weight excluding hydrogens is 299 g/mol. The number of ether oxygens (including phenoxy) is 1. The number of anilines is 2. The van der Waals surface area contributed by atoms with Crippen molar-refractivity contribution >= 4 is 40.6 Å². The van der Waals surface area contributed by atoms with Gasteiger partial charge in [0, 0.05) is 16.8 Å². The summed E-state index contributed by atoms with van der Waals surface area (Å²) in [6.07, 6.45) is 0. The van der Waals surface area contributed by atoms with Gasteiger partial charge in [-0.05, 0) is 30.3 Å². The lowest BCUT2D eigenvalue weighted by Gasteiger charge is -2.10. The van der Waals surface area contributed by atoms with E-state index in [1.165, 1.54) is 0 Å². The molecular formula is C14H12Cl2N2O2. The zero-order valence-electron chi connectivity index (χ0n) is 10.6. The second-order valence-electron chi connectivity index (χ2n) is 3.94. The molecule has 104 valence electrons. The molecule has 0 aromatic heterocycles. The van der Waals surface area contributed by atoms with E-state index < -0.39 is 6.03 Å². The minimum atomic E-state index is -0.403. The number of carbonyl (C=O) groups is 1. The Kier molecular flexibility index (Phi) is 4.71. The summed E-state index contributed by atoms with van der Waals surface area (Å²) in [4.78, 5) is 11.8. The second kappa shape index (κ2) is 6.50. The fraction of sp³-hybridized carbons (Fsp3) is 0.0714. The van der Waals surface area contributed by atoms with Gasteiger partial charge >= 0.3 is 6.03 Å². The van der Waals surface area contributed by atoms with Crippen LogP contribution in [0, 0.1) is 0 Å². The minimum absolute atomic E-state index is 0.394. The Bertz CT molecular complexity index is 632. The van der Waals surface area contributed by atoms with Crippen LogP contribution in [-0.2, 0) is 0 Å². The van der Waals surface area contributed by atoms with Crippen LogP contribution >= 0.6 is 23.2 Å². The average Bonchev–Trinajstić information content (AvgIpc) is 2.41. The van der Waals surface area contributed by atoms with E-state index in [1.807, 2.05) is 0 Å². The maximum atomic E-state index is 11.8. The summed E-state index contributed by atoms with van der Waals surface area (Å²) in [6, 6.07) is 11.5. The van der Waals surface area contributed by atoms with Crippen molar-refractivity contribution in [3.05, 3.63) is 52.5 Å². The van der Waals surface area contributed by atoms with Gasteiger partial charge in [0.25, 0.3) is 0 Å². The molecule has 0 aliphatic heterocycles. The normalized spacial score (nSPS) is 9.95. The zero-order chi connectivity index (χ0) is 14.5. The molecule has 0 aliphatic rings. The van der Waals surface area contributed by atoms with Gasteiger partial charge in [-0.2, -0.15) is 0 Å². The van der Waals surface area contributed by atoms with E-state index in [2.05, 4.69) is 10.6 Å². The number of hydrogen-bond acceptors (Lipinski definition) is 2. The van der Waals surface area contributed by atoms with Gasteiger partial charge in [0.2, 0.25) is 0 Å². The predicted octanol–water partition coefficient (Wildman–Crippen LogP) is 4.65. The molecule has 2 aromatic rings. The molecule has 20 heavy (non-hydrogen) atoms. The Hall–Kier alpha value is -1.91. The number of halogens is 2. The predicted molar refractivity (Wildman–Crippen MR) is 82.1 cm³/mol. The Balaban J connectivity index is 2.05. The summed E-state index contributed by atoms with van der Waals surface area (Å²) in [5.41, 5.74) is 1.09. The van der Waals surface area contributed by atoms with Crippen LogP contribution < -0.4 is 15.4 Å². The summed E-state index contributed by atoms with van der Waals surface area (Å²) >= 11 is 11.9. The SMILES string of the molecule is COc1ccc(NC(=O)Nc2cccc(Cl)c2)c(Cl)c1. The van der Waals surface area contributed by atoms with Gasteiger partial charge in [0.1, 0.15) is 5.75 Å². The van der Waals surface area contributed by atoms with Crippen molar-refractivity contribution in [1.82, 2.24) is 0 Å². The van der Waals surface area contributed by atoms with E-state index in [1.54, 1.807) is 49.6 Å². The average molecular weight is 311 g/mol. The third kappa shape index (κ3) is 3.79. The van der Waals surface area contributed by atoms with Crippen LogP contribution in [0.2, 0.25) is 10.0 Å². The van der Waals surface area contributed by atoms with Crippen molar-refractivity contribution in [3.63, 3.8) is 0 Å². The minimum Gasteiger partial charge on any atom is -0.497 e. The smallest absolute Gasteiger partial charge is 0.323 e. The Labute approximate surface area is 126 Å². The van der Waals surface area contributed by atoms with Gasteiger partial charge in [0.05, 0.1) is 17.8 Å². The van der Waals surface area contributed by atoms with Crippen LogP contribution in [0.3, 0.4) is 0 Å². The number of urea groups is 1. The summed E-state index contributed by atoms with van der Waals surface area (Å²) in [6.45, 7) is 0. The van der Waals surface area contributed by atoms with Crippen LogP contribution in [0.4, 0.5) is 16.2 Å². The van der Waals surface area contributed by atoms with Gasteiger partial charge in [-0.3, -0.25) is 0 Å². The summed E-state index contributed by atoms with van der Waals surface area (Å²) < 4.78 is 5.04. The largest absolute Gasteiger partial charge is 0.497 e. The van der Waals surface area contributed by atoms with E-state index in [4.69, 9.17) is 27.9 Å². The number of nitrogens with one attached hydrogen (secondary N) is 2. The van der Waals surface area contributed by atoms with Crippen molar-refractivity contribution < 1.29 is 9.53 Å². The lowest BCUT2D eigenvalue weighted by molar-refractivity contribution is 0.262. The number of benzene rings is 2. The maximum Gasteiger partial charge on any atom is 0.323 e. The first-order chi connectivity index (χ1) is 9.58. The molecule has 0 spiro atoms. The first-order valence-corrected chi connectivity index (χ1v) is 6.51. The first kappa shape index (κ1) is 14.5. The molecule has 0 radical (unpaired) electrons. The number of carbonyl (C=O) groups excluding carboxylic acids is 1. The van der Waals surface area contributed by atoms with Gasteiger partial charge < -0.3 is 15.4 Å². The van der Waals surface area contributed by atoms with E-state index in [0.717, 1.165) is 0 Å². The quantitative estimate of drug-likeness (QED) is 0.867. The number of hydrogen-bond donors (Lipinski definition) is 2. The van der Waals surface area contributed by atoms with Crippen LogP contribution in [0.5, 0.6) is 5.75 Å². The molecule has 2 N–H and O–H groups in total. The molecule has 0 saturated heterocycles. The van der Waals surface area contributed by atoms with Crippen LogP contribution in [-0.4, -0.2) is 13.1 Å². The third-order valence-corrected chi connectivity index (χ3v) is 3.05. The van der Waals surface area contributed by atoms with Gasteiger partial charge in [0.15, 0.2) is 0 Å². The van der Waals surface area contributed by atoms with E-state index >= 15 is 0 Å². The van der Waals surface area contributed by atoms with Crippen LogP contribution in [0.1, 0.15) is 0 Å². The third-order valence-electron chi connectivity index (χ3n) is 2.51. The summed E-state index contributed by atoms with van der Waals surface area (Å²) in [5, 5.41) is 6.25. The van der Waals surface area contributed by atoms with Crippen molar-refractivity contribution in [2.45, 2.75) is 0 Å². The second-order valence-corrected chi connectivity index (χ2v) is 4.78. The number of methoxy groups -OCH3 is 1. The molecule has 0 aliphatic carbocycles. The monoisotopic (exact) mass is 310 g/mol. The van der Waals surface area contributed by atoms with Crippen molar-refractivity contribution in [2.24, 2.45) is 0 Å². The highest BCUT2D eigenvalue weighted by Crippen LogP contribution is 2.26. The van der Waals surface area contributed by atoms with Crippen LogP contribution in [0.25, 0.3) is 0 Å². The van der Waals surface area contributed by atoms with Gasteiger partial charge in [-0.1, -0.05) is 29.3 Å². The highest BCUT2D eigenvalue weighted by molar-refractivity contribution is 6.34. The van der Waals surface area contributed by atoms with Crippen molar-refractivity contribution in [1.29, 1.82) is 0 Å². The maximum absolute atomic E-state index is 11.8. The fourth-order valence-corrected chi connectivity index (χ4v) is 1.98. The van der Waals surface area contributed by atoms with Gasteiger partial charge in [-0.25, -0.2) is 4.79 Å². The molecule has 2 aromatic carbocycles. The molecule has 4 nitrogen and oxygen atoms in total. The molecule has 0 saturated carbocycles. The van der Waals surface area contributed by atoms with Crippen LogP contribution in [0.15, 0.2) is 42.5 Å². The van der Waals surface area contributed by atoms with Crippen molar-refractivity contribution in [2.75, 3.05) is 17.7 Å². The Morgan fingerprint density at radius 2 is 1.90 bits per heavy atom. The molecule has 0 atom stereocenters. The van der Waals surface area contributed by atoms with E-state index in [-0.39, 0.29) is 0 Å². The summed E-state index contributed by atoms with van der Waals surface area (Å²) in [7, 11) is 1.55. The molecule has 0 heterocycles. The zero-order valence-corrected chi connectivity index (χ0v) is 12.1. The molecule has 0 fully saturated rings.